The number of nitrogens with zero attached hydrogens (tertiary/aromatic N) is 1. The first kappa shape index (κ1) is 11.1. The maximum atomic E-state index is 11.5. The zero-order chi connectivity index (χ0) is 11.8. The molecule has 5 nitrogen and oxygen atoms in total. The number of hydrogen-bond donors (Lipinski definition) is 2. The predicted octanol–water partition coefficient (Wildman–Crippen LogP) is 1.15. The van der Waals surface area contributed by atoms with Crippen LogP contribution in [0.5, 0.6) is 0 Å². The van der Waals surface area contributed by atoms with Gasteiger partial charge in [-0.05, 0) is 12.1 Å². The van der Waals surface area contributed by atoms with Gasteiger partial charge in [0.25, 0.3) is 0 Å². The van der Waals surface area contributed by atoms with Crippen LogP contribution in [0, 0.1) is 5.21 Å². The molecule has 0 fully saturated rings. The Kier molecular flexibility index (Phi) is 2.68. The van der Waals surface area contributed by atoms with E-state index in [1.54, 1.807) is 30.3 Å². The van der Waals surface area contributed by atoms with E-state index >= 15 is 0 Å². The van der Waals surface area contributed by atoms with E-state index in [0.717, 1.165) is 0 Å². The van der Waals surface area contributed by atoms with E-state index in [-0.39, 0.29) is 0 Å². The van der Waals surface area contributed by atoms with Gasteiger partial charge in [0.15, 0.2) is 6.20 Å². The fraction of sp³-hybridized carbons (Fsp3) is 0.100. The molecule has 84 valence electrons. The number of benzene rings is 1. The van der Waals surface area contributed by atoms with Crippen LogP contribution in [0.1, 0.15) is 5.56 Å². The van der Waals surface area contributed by atoms with E-state index < -0.39 is 13.8 Å². The lowest BCUT2D eigenvalue weighted by Gasteiger charge is -2.07. The minimum absolute atomic E-state index is 0.313. The zero-order valence-corrected chi connectivity index (χ0v) is 9.17. The molecule has 0 saturated carbocycles. The second-order valence-corrected chi connectivity index (χ2v) is 5.16. The van der Waals surface area contributed by atoms with Gasteiger partial charge in [-0.15, -0.1) is 0 Å². The van der Waals surface area contributed by atoms with E-state index in [2.05, 4.69) is 0 Å². The molecule has 2 N–H and O–H groups in total. The molecular weight excluding hydrogens is 229 g/mol. The molecule has 0 bridgehead atoms. The molecule has 0 aliphatic carbocycles. The highest BCUT2D eigenvalue weighted by atomic mass is 31.2. The summed E-state index contributed by atoms with van der Waals surface area (Å²) in [6.07, 6.45) is 0.891. The second-order valence-electron chi connectivity index (χ2n) is 3.51. The Hall–Kier alpha value is -1.42. The summed E-state index contributed by atoms with van der Waals surface area (Å²) in [4.78, 5) is 17.8. The first-order valence-corrected chi connectivity index (χ1v) is 6.41. The molecule has 2 aromatic rings. The van der Waals surface area contributed by atoms with Gasteiger partial charge in [0, 0.05) is 17.0 Å². The molecule has 0 aliphatic rings. The molecule has 1 aromatic carbocycles. The van der Waals surface area contributed by atoms with E-state index in [0.29, 0.717) is 21.2 Å². The summed E-state index contributed by atoms with van der Waals surface area (Å²) in [6.45, 7) is 0. The predicted molar refractivity (Wildman–Crippen MR) is 58.7 cm³/mol. The van der Waals surface area contributed by atoms with Gasteiger partial charge in [-0.2, -0.15) is 4.73 Å². The Morgan fingerprint density at radius 1 is 1.25 bits per heavy atom. The average molecular weight is 239 g/mol. The van der Waals surface area contributed by atoms with Gasteiger partial charge in [-0.25, -0.2) is 0 Å². The van der Waals surface area contributed by atoms with Crippen molar-refractivity contribution in [2.24, 2.45) is 0 Å². The van der Waals surface area contributed by atoms with Gasteiger partial charge in [0.1, 0.15) is 0 Å². The largest absolute Gasteiger partial charge is 0.618 e. The zero-order valence-electron chi connectivity index (χ0n) is 8.28. The van der Waals surface area contributed by atoms with E-state index in [4.69, 9.17) is 9.79 Å². The quantitative estimate of drug-likeness (QED) is 0.467. The Labute approximate surface area is 91.7 Å². The van der Waals surface area contributed by atoms with Crippen molar-refractivity contribution >= 4 is 18.5 Å². The lowest BCUT2D eigenvalue weighted by molar-refractivity contribution is -0.577. The van der Waals surface area contributed by atoms with Crippen LogP contribution in [-0.4, -0.2) is 9.79 Å². The van der Waals surface area contributed by atoms with E-state index in [1.165, 1.54) is 6.20 Å². The highest BCUT2D eigenvalue weighted by molar-refractivity contribution is 7.50. The number of para-hydroxylation sites is 1. The van der Waals surface area contributed by atoms with Crippen molar-refractivity contribution in [3.05, 3.63) is 47.3 Å². The molecule has 0 amide bonds. The van der Waals surface area contributed by atoms with Crippen LogP contribution in [0.4, 0.5) is 0 Å². The first-order valence-electron chi connectivity index (χ1n) is 4.62. The Balaban J connectivity index is 2.66. The molecule has 6 heteroatoms. The summed E-state index contributed by atoms with van der Waals surface area (Å²) in [5, 5.41) is 12.2. The van der Waals surface area contributed by atoms with Gasteiger partial charge in [-0.3, -0.25) is 4.57 Å². The van der Waals surface area contributed by atoms with Crippen molar-refractivity contribution in [1.82, 2.24) is 0 Å². The third-order valence-corrected chi connectivity index (χ3v) is 3.00. The van der Waals surface area contributed by atoms with Crippen LogP contribution in [0.2, 0.25) is 0 Å². The van der Waals surface area contributed by atoms with Crippen molar-refractivity contribution in [2.75, 3.05) is 0 Å². The highest BCUT2D eigenvalue weighted by Gasteiger charge is 2.19. The van der Waals surface area contributed by atoms with Gasteiger partial charge in [-0.1, -0.05) is 12.1 Å². The smallest absolute Gasteiger partial charge is 0.330 e. The Morgan fingerprint density at radius 2 is 1.94 bits per heavy atom. The van der Waals surface area contributed by atoms with Crippen molar-refractivity contribution in [1.29, 1.82) is 0 Å². The van der Waals surface area contributed by atoms with Crippen LogP contribution < -0.4 is 4.73 Å². The number of rotatable bonds is 2. The molecule has 0 spiro atoms. The topological polar surface area (TPSA) is 84.5 Å². The number of aromatic nitrogens is 1. The Morgan fingerprint density at radius 3 is 2.62 bits per heavy atom. The lowest BCUT2D eigenvalue weighted by Crippen LogP contribution is -2.27. The summed E-state index contributed by atoms with van der Waals surface area (Å²) < 4.78 is 11.6. The molecular formula is C10H10NO4P. The Bertz CT molecular complexity index is 573. The molecule has 2 rings (SSSR count). The monoisotopic (exact) mass is 239 g/mol. The van der Waals surface area contributed by atoms with Crippen LogP contribution in [0.3, 0.4) is 0 Å². The summed E-state index contributed by atoms with van der Waals surface area (Å²) in [5.74, 6) is 0. The van der Waals surface area contributed by atoms with Gasteiger partial charge >= 0.3 is 7.60 Å². The molecule has 0 aliphatic heterocycles. The molecule has 0 atom stereocenters. The van der Waals surface area contributed by atoms with Gasteiger partial charge in [0.05, 0.1) is 6.16 Å². The highest BCUT2D eigenvalue weighted by Crippen LogP contribution is 2.40. The maximum absolute atomic E-state index is 11.5. The minimum Gasteiger partial charge on any atom is -0.618 e. The van der Waals surface area contributed by atoms with Crippen molar-refractivity contribution < 1.29 is 19.1 Å². The van der Waals surface area contributed by atoms with E-state index in [9.17, 15) is 9.77 Å². The summed E-state index contributed by atoms with van der Waals surface area (Å²) >= 11 is 0. The molecule has 0 saturated heterocycles. The molecule has 0 unspecified atom stereocenters. The number of pyridine rings is 1. The molecule has 16 heavy (non-hydrogen) atoms. The average Bonchev–Trinajstić information content (AvgIpc) is 2.15. The van der Waals surface area contributed by atoms with Crippen LogP contribution >= 0.6 is 7.60 Å². The lowest BCUT2D eigenvalue weighted by atomic mass is 10.1. The van der Waals surface area contributed by atoms with Crippen LogP contribution in [-0.2, 0) is 10.7 Å². The summed E-state index contributed by atoms with van der Waals surface area (Å²) in [7, 11) is -4.16. The van der Waals surface area contributed by atoms with Crippen molar-refractivity contribution in [3.63, 3.8) is 0 Å². The second kappa shape index (κ2) is 3.87. The van der Waals surface area contributed by atoms with Crippen molar-refractivity contribution in [2.45, 2.75) is 6.16 Å². The standard InChI is InChI=1S/C10H10NO4P/c12-11-6-2-5-8-3-1-4-9(10(8)11)7-16(13,14)15/h1-6H,7H2,(H2,13,14,15). The van der Waals surface area contributed by atoms with Crippen LogP contribution in [0.25, 0.3) is 10.9 Å². The minimum atomic E-state index is -4.16. The molecule has 1 heterocycles. The summed E-state index contributed by atoms with van der Waals surface area (Å²) in [5.41, 5.74) is 0.676. The molecule has 0 radical (unpaired) electrons. The number of fused-ring (bicyclic) bond motifs is 1. The molecule has 1 aromatic heterocycles. The SMILES string of the molecule is O=P(O)(O)Cc1cccc2ccc[n+]([O-])c12. The van der Waals surface area contributed by atoms with Crippen LogP contribution in [0.15, 0.2) is 36.5 Å². The maximum Gasteiger partial charge on any atom is 0.330 e. The normalized spacial score (nSPS) is 11.9. The first-order chi connectivity index (χ1) is 7.47. The third kappa shape index (κ3) is 2.22. The summed E-state index contributed by atoms with van der Waals surface area (Å²) in [6, 6.07) is 8.28. The van der Waals surface area contributed by atoms with Gasteiger partial charge < -0.3 is 15.0 Å². The third-order valence-electron chi connectivity index (χ3n) is 2.24. The fourth-order valence-corrected chi connectivity index (χ4v) is 2.36. The van der Waals surface area contributed by atoms with Gasteiger partial charge in [0.2, 0.25) is 5.52 Å². The van der Waals surface area contributed by atoms with E-state index in [1.807, 2.05) is 0 Å². The number of hydrogen-bond acceptors (Lipinski definition) is 2. The van der Waals surface area contributed by atoms with Crippen molar-refractivity contribution in [3.8, 4) is 0 Å². The fourth-order valence-electron chi connectivity index (χ4n) is 1.66.